The zero-order chi connectivity index (χ0) is 22.2. The van der Waals surface area contributed by atoms with Gasteiger partial charge in [-0.15, -0.1) is 0 Å². The summed E-state index contributed by atoms with van der Waals surface area (Å²) in [6, 6.07) is 7.41. The van der Waals surface area contributed by atoms with Crippen molar-refractivity contribution in [1.82, 2.24) is 15.2 Å². The number of carbonyl (C=O) groups is 2. The van der Waals surface area contributed by atoms with Crippen LogP contribution in [0, 0.1) is 5.82 Å². The first-order valence-corrected chi connectivity index (χ1v) is 10.5. The number of piperidine rings is 1. The summed E-state index contributed by atoms with van der Waals surface area (Å²) >= 11 is 0. The molecule has 3 atom stereocenters. The Morgan fingerprint density at radius 3 is 2.90 bits per heavy atom. The molecule has 8 heteroatoms. The molecule has 2 aliphatic heterocycles. The Kier molecular flexibility index (Phi) is 5.56. The highest BCUT2D eigenvalue weighted by atomic mass is 19.1. The van der Waals surface area contributed by atoms with Crippen molar-refractivity contribution in [2.45, 2.75) is 57.2 Å². The largest absolute Gasteiger partial charge is 0.494 e. The van der Waals surface area contributed by atoms with Gasteiger partial charge in [-0.05, 0) is 69.0 Å². The first-order chi connectivity index (χ1) is 14.8. The maximum absolute atomic E-state index is 14.6. The Bertz CT molecular complexity index is 1010. The van der Waals surface area contributed by atoms with Crippen molar-refractivity contribution in [3.05, 3.63) is 48.0 Å². The van der Waals surface area contributed by atoms with Crippen LogP contribution >= 0.6 is 0 Å². The van der Waals surface area contributed by atoms with Crippen LogP contribution in [0.2, 0.25) is 0 Å². The lowest BCUT2D eigenvalue weighted by atomic mass is 9.82. The third kappa shape index (κ3) is 3.94. The summed E-state index contributed by atoms with van der Waals surface area (Å²) < 4.78 is 20.0. The molecular formula is C23H26FN3O4. The molecular weight excluding hydrogens is 401 g/mol. The number of hydrogen-bond acceptors (Lipinski definition) is 4. The molecule has 2 aromatic rings. The fraction of sp³-hybridized carbons (Fsp3) is 0.435. The van der Waals surface area contributed by atoms with Crippen LogP contribution in [0.1, 0.15) is 51.3 Å². The van der Waals surface area contributed by atoms with E-state index >= 15 is 0 Å². The van der Waals surface area contributed by atoms with Gasteiger partial charge in [0, 0.05) is 17.8 Å². The maximum atomic E-state index is 14.6. The first-order valence-electron chi connectivity index (χ1n) is 10.5. The number of rotatable bonds is 4. The number of nitrogens with one attached hydrogen (secondary N) is 1. The molecule has 1 unspecified atom stereocenters. The van der Waals surface area contributed by atoms with Crippen molar-refractivity contribution in [3.8, 4) is 16.9 Å². The van der Waals surface area contributed by atoms with E-state index in [1.807, 2.05) is 13.8 Å². The summed E-state index contributed by atoms with van der Waals surface area (Å²) in [5, 5.41) is 12.9. The fourth-order valence-corrected chi connectivity index (χ4v) is 5.07. The van der Waals surface area contributed by atoms with E-state index in [1.165, 1.54) is 11.0 Å². The van der Waals surface area contributed by atoms with Crippen LogP contribution in [0.15, 0.2) is 36.5 Å². The highest BCUT2D eigenvalue weighted by Gasteiger charge is 2.53. The second-order valence-electron chi connectivity index (χ2n) is 8.32. The van der Waals surface area contributed by atoms with Crippen molar-refractivity contribution < 1.29 is 23.8 Å². The van der Waals surface area contributed by atoms with Gasteiger partial charge in [0.2, 0.25) is 5.91 Å². The lowest BCUT2D eigenvalue weighted by molar-refractivity contribution is -0.127. The van der Waals surface area contributed by atoms with Crippen molar-refractivity contribution in [2.75, 3.05) is 6.61 Å². The summed E-state index contributed by atoms with van der Waals surface area (Å²) in [4.78, 5) is 30.3. The number of halogens is 1. The van der Waals surface area contributed by atoms with E-state index in [0.29, 0.717) is 48.4 Å². The minimum absolute atomic E-state index is 0.100. The number of pyridine rings is 1. The second kappa shape index (κ2) is 8.17. The predicted molar refractivity (Wildman–Crippen MR) is 112 cm³/mol. The Balaban J connectivity index is 1.70. The van der Waals surface area contributed by atoms with Crippen LogP contribution in [0.3, 0.4) is 0 Å². The number of carboxylic acid groups (broad SMARTS) is 1. The first kappa shape index (κ1) is 21.1. The number of amides is 2. The van der Waals surface area contributed by atoms with Gasteiger partial charge in [-0.2, -0.15) is 0 Å². The van der Waals surface area contributed by atoms with Crippen molar-refractivity contribution in [1.29, 1.82) is 0 Å². The average molecular weight is 427 g/mol. The van der Waals surface area contributed by atoms with E-state index in [-0.39, 0.29) is 18.4 Å². The van der Waals surface area contributed by atoms with Crippen LogP contribution in [0.5, 0.6) is 5.75 Å². The molecule has 4 rings (SSSR count). The molecule has 0 aliphatic carbocycles. The van der Waals surface area contributed by atoms with Crippen molar-refractivity contribution in [2.24, 2.45) is 0 Å². The number of benzene rings is 1. The standard InChI is InChI=1S/C23H26FN3O4/c1-3-31-16-4-5-18(24)17(11-16)15-7-9-25-19(10-15)20-6-8-23(27(20)22(29)30)12-14(2)26-21(28)13-23/h4-5,7,9-11,14,20H,3,6,8,12-13H2,1-2H3,(H,26,28)(H,29,30)/t14-,20+,23?/m0/s1. The van der Waals surface area contributed by atoms with E-state index in [4.69, 9.17) is 4.74 Å². The van der Waals surface area contributed by atoms with Gasteiger partial charge in [0.15, 0.2) is 0 Å². The summed E-state index contributed by atoms with van der Waals surface area (Å²) in [7, 11) is 0. The van der Waals surface area contributed by atoms with E-state index in [2.05, 4.69) is 10.3 Å². The topological polar surface area (TPSA) is 91.8 Å². The van der Waals surface area contributed by atoms with E-state index in [9.17, 15) is 19.1 Å². The zero-order valence-corrected chi connectivity index (χ0v) is 17.6. The minimum Gasteiger partial charge on any atom is -0.494 e. The highest BCUT2D eigenvalue weighted by Crippen LogP contribution is 2.48. The quantitative estimate of drug-likeness (QED) is 0.765. The van der Waals surface area contributed by atoms with Gasteiger partial charge in [-0.25, -0.2) is 9.18 Å². The van der Waals surface area contributed by atoms with Crippen LogP contribution in [-0.4, -0.2) is 45.2 Å². The molecule has 0 saturated carbocycles. The van der Waals surface area contributed by atoms with Gasteiger partial charge in [0.05, 0.1) is 30.3 Å². The molecule has 31 heavy (non-hydrogen) atoms. The van der Waals surface area contributed by atoms with E-state index in [1.54, 1.807) is 30.5 Å². The highest BCUT2D eigenvalue weighted by molar-refractivity contribution is 5.80. The van der Waals surface area contributed by atoms with Gasteiger partial charge in [0.25, 0.3) is 0 Å². The average Bonchev–Trinajstić information content (AvgIpc) is 3.07. The molecule has 0 radical (unpaired) electrons. The number of likely N-dealkylation sites (tertiary alicyclic amines) is 1. The SMILES string of the molecule is CCOc1ccc(F)c(-c2ccnc([C@H]3CCC4(CC(=O)N[C@@H](C)C4)N3C(=O)O)c2)c1. The van der Waals surface area contributed by atoms with Crippen LogP contribution in [0.25, 0.3) is 11.1 Å². The van der Waals surface area contributed by atoms with Crippen LogP contribution < -0.4 is 10.1 Å². The monoisotopic (exact) mass is 427 g/mol. The molecule has 1 aromatic carbocycles. The van der Waals surface area contributed by atoms with Gasteiger partial charge in [-0.3, -0.25) is 14.7 Å². The van der Waals surface area contributed by atoms with Crippen LogP contribution in [-0.2, 0) is 4.79 Å². The summed E-state index contributed by atoms with van der Waals surface area (Å²) in [5.41, 5.74) is 0.785. The number of aromatic nitrogens is 1. The van der Waals surface area contributed by atoms with E-state index < -0.39 is 23.5 Å². The fourth-order valence-electron chi connectivity index (χ4n) is 5.07. The number of carbonyl (C=O) groups excluding carboxylic acids is 1. The third-order valence-corrected chi connectivity index (χ3v) is 6.18. The lowest BCUT2D eigenvalue weighted by Gasteiger charge is -2.43. The second-order valence-corrected chi connectivity index (χ2v) is 8.32. The van der Waals surface area contributed by atoms with Gasteiger partial charge < -0.3 is 15.2 Å². The third-order valence-electron chi connectivity index (χ3n) is 6.18. The molecule has 3 heterocycles. The zero-order valence-electron chi connectivity index (χ0n) is 17.6. The molecule has 1 aromatic heterocycles. The Morgan fingerprint density at radius 1 is 1.39 bits per heavy atom. The summed E-state index contributed by atoms with van der Waals surface area (Å²) in [6.45, 7) is 4.21. The Morgan fingerprint density at radius 2 is 2.19 bits per heavy atom. The van der Waals surface area contributed by atoms with Crippen molar-refractivity contribution >= 4 is 12.0 Å². The Hall–Kier alpha value is -3.16. The predicted octanol–water partition coefficient (Wildman–Crippen LogP) is 4.14. The van der Waals surface area contributed by atoms with Crippen molar-refractivity contribution in [3.63, 3.8) is 0 Å². The summed E-state index contributed by atoms with van der Waals surface area (Å²) in [5.74, 6) is 0.0324. The molecule has 0 bridgehead atoms. The molecule has 7 nitrogen and oxygen atoms in total. The molecule has 2 saturated heterocycles. The maximum Gasteiger partial charge on any atom is 0.408 e. The normalized spacial score (nSPS) is 25.5. The molecule has 164 valence electrons. The molecule has 2 aliphatic rings. The van der Waals surface area contributed by atoms with Gasteiger partial charge >= 0.3 is 6.09 Å². The lowest BCUT2D eigenvalue weighted by Crippen LogP contribution is -2.57. The minimum atomic E-state index is -1.07. The molecule has 2 fully saturated rings. The summed E-state index contributed by atoms with van der Waals surface area (Å²) in [6.07, 6.45) is 2.35. The molecule has 2 N–H and O–H groups in total. The number of ether oxygens (including phenoxy) is 1. The smallest absolute Gasteiger partial charge is 0.408 e. The number of hydrogen-bond donors (Lipinski definition) is 2. The van der Waals surface area contributed by atoms with Gasteiger partial charge in [0.1, 0.15) is 11.6 Å². The number of nitrogens with zero attached hydrogens (tertiary/aromatic N) is 2. The van der Waals surface area contributed by atoms with Gasteiger partial charge in [-0.1, -0.05) is 0 Å². The molecule has 1 spiro atoms. The van der Waals surface area contributed by atoms with Crippen LogP contribution in [0.4, 0.5) is 9.18 Å². The van der Waals surface area contributed by atoms with E-state index in [0.717, 1.165) is 0 Å². The Labute approximate surface area is 180 Å². The molecule has 2 amide bonds.